The molecule has 1 rings (SSSR count). The SMILES string of the molecule is CCCCOc1cc(Br)c(C[NH2+][C@@H](CC)CO)cc1OC. The number of hydrogen-bond acceptors (Lipinski definition) is 3. The number of unbranched alkanes of at least 4 members (excludes halogenated alkanes) is 1. The molecule has 120 valence electrons. The molecule has 0 bridgehead atoms. The van der Waals surface area contributed by atoms with Crippen LogP contribution in [0.15, 0.2) is 16.6 Å². The summed E-state index contributed by atoms with van der Waals surface area (Å²) in [6, 6.07) is 4.21. The van der Waals surface area contributed by atoms with Gasteiger partial charge in [0.15, 0.2) is 11.5 Å². The van der Waals surface area contributed by atoms with Gasteiger partial charge in [-0.1, -0.05) is 36.2 Å². The van der Waals surface area contributed by atoms with Crippen LogP contribution in [0.3, 0.4) is 0 Å². The Bertz CT molecular complexity index is 422. The highest BCUT2D eigenvalue weighted by molar-refractivity contribution is 9.10. The fraction of sp³-hybridized carbons (Fsp3) is 0.625. The standard InChI is InChI=1S/C16H26BrNO3/c1-4-6-7-21-16-9-14(17)12(8-15(16)20-3)10-18-13(5-2)11-19/h8-9,13,18-19H,4-7,10-11H2,1-3H3/p+1/t13-/m0/s1. The average Bonchev–Trinajstić information content (AvgIpc) is 2.50. The Hall–Kier alpha value is -0.780. The summed E-state index contributed by atoms with van der Waals surface area (Å²) >= 11 is 3.60. The van der Waals surface area contributed by atoms with Gasteiger partial charge >= 0.3 is 0 Å². The van der Waals surface area contributed by atoms with E-state index >= 15 is 0 Å². The van der Waals surface area contributed by atoms with Gasteiger partial charge in [0.05, 0.1) is 20.3 Å². The van der Waals surface area contributed by atoms with Gasteiger partial charge in [0.2, 0.25) is 0 Å². The molecule has 5 heteroatoms. The molecule has 1 aromatic carbocycles. The number of rotatable bonds is 10. The summed E-state index contributed by atoms with van der Waals surface area (Å²) in [6.45, 7) is 5.92. The summed E-state index contributed by atoms with van der Waals surface area (Å²) in [4.78, 5) is 0. The topological polar surface area (TPSA) is 55.3 Å². The summed E-state index contributed by atoms with van der Waals surface area (Å²) < 4.78 is 12.2. The molecule has 0 amide bonds. The van der Waals surface area contributed by atoms with Crippen molar-refractivity contribution in [1.29, 1.82) is 0 Å². The van der Waals surface area contributed by atoms with Crippen LogP contribution >= 0.6 is 15.9 Å². The first-order chi connectivity index (χ1) is 10.2. The zero-order valence-corrected chi connectivity index (χ0v) is 14.8. The first kappa shape index (κ1) is 18.3. The second-order valence-corrected chi connectivity index (χ2v) is 5.94. The molecule has 4 nitrogen and oxygen atoms in total. The number of aliphatic hydroxyl groups excluding tert-OH is 1. The van der Waals surface area contributed by atoms with Crippen molar-refractivity contribution in [1.82, 2.24) is 0 Å². The van der Waals surface area contributed by atoms with E-state index in [-0.39, 0.29) is 12.6 Å². The molecule has 3 N–H and O–H groups in total. The van der Waals surface area contributed by atoms with Crippen LogP contribution in [-0.4, -0.2) is 31.5 Å². The maximum atomic E-state index is 9.25. The summed E-state index contributed by atoms with van der Waals surface area (Å²) in [7, 11) is 1.66. The molecular weight excluding hydrogens is 334 g/mol. The molecule has 0 aliphatic rings. The summed E-state index contributed by atoms with van der Waals surface area (Å²) in [5, 5.41) is 11.4. The molecule has 0 heterocycles. The van der Waals surface area contributed by atoms with Crippen molar-refractivity contribution in [2.24, 2.45) is 0 Å². The highest BCUT2D eigenvalue weighted by Gasteiger charge is 2.14. The van der Waals surface area contributed by atoms with E-state index in [1.807, 2.05) is 12.1 Å². The van der Waals surface area contributed by atoms with Crippen LogP contribution in [0.1, 0.15) is 38.7 Å². The minimum absolute atomic E-state index is 0.198. The van der Waals surface area contributed by atoms with Crippen molar-refractivity contribution >= 4 is 15.9 Å². The van der Waals surface area contributed by atoms with E-state index in [0.717, 1.165) is 47.3 Å². The highest BCUT2D eigenvalue weighted by atomic mass is 79.9. The molecule has 0 spiro atoms. The lowest BCUT2D eigenvalue weighted by atomic mass is 10.1. The minimum Gasteiger partial charge on any atom is -0.493 e. The smallest absolute Gasteiger partial charge is 0.162 e. The Balaban J connectivity index is 2.77. The number of nitrogens with two attached hydrogens (primary N) is 1. The van der Waals surface area contributed by atoms with Crippen LogP contribution in [-0.2, 0) is 6.54 Å². The molecule has 1 aromatic rings. The Labute approximate surface area is 136 Å². The van der Waals surface area contributed by atoms with Gasteiger partial charge in [0, 0.05) is 10.0 Å². The van der Waals surface area contributed by atoms with E-state index in [2.05, 4.69) is 35.1 Å². The van der Waals surface area contributed by atoms with Crippen molar-refractivity contribution in [3.63, 3.8) is 0 Å². The normalized spacial score (nSPS) is 12.2. The average molecular weight is 361 g/mol. The third-order valence-electron chi connectivity index (χ3n) is 3.52. The zero-order chi connectivity index (χ0) is 15.7. The van der Waals surface area contributed by atoms with Gasteiger partial charge in [-0.05, 0) is 25.0 Å². The van der Waals surface area contributed by atoms with E-state index in [4.69, 9.17) is 9.47 Å². The van der Waals surface area contributed by atoms with E-state index in [1.165, 1.54) is 0 Å². The number of methoxy groups -OCH3 is 1. The number of ether oxygens (including phenoxy) is 2. The van der Waals surface area contributed by atoms with Crippen LogP contribution in [0.2, 0.25) is 0 Å². The predicted octanol–water partition coefficient (Wildman–Crippen LogP) is 2.47. The van der Waals surface area contributed by atoms with Crippen molar-refractivity contribution < 1.29 is 19.9 Å². The van der Waals surface area contributed by atoms with Crippen molar-refractivity contribution in [3.05, 3.63) is 22.2 Å². The summed E-state index contributed by atoms with van der Waals surface area (Å²) in [6.07, 6.45) is 3.09. The number of aliphatic hydroxyl groups is 1. The maximum Gasteiger partial charge on any atom is 0.162 e. The Morgan fingerprint density at radius 2 is 2.05 bits per heavy atom. The molecule has 21 heavy (non-hydrogen) atoms. The van der Waals surface area contributed by atoms with E-state index in [9.17, 15) is 5.11 Å². The Morgan fingerprint density at radius 1 is 1.29 bits per heavy atom. The first-order valence-corrected chi connectivity index (χ1v) is 8.38. The van der Waals surface area contributed by atoms with E-state index in [0.29, 0.717) is 6.61 Å². The Morgan fingerprint density at radius 3 is 2.62 bits per heavy atom. The van der Waals surface area contributed by atoms with Gasteiger partial charge in [-0.2, -0.15) is 0 Å². The predicted molar refractivity (Wildman–Crippen MR) is 87.9 cm³/mol. The molecule has 1 atom stereocenters. The monoisotopic (exact) mass is 360 g/mol. The minimum atomic E-state index is 0.198. The van der Waals surface area contributed by atoms with Gasteiger partial charge in [0.1, 0.15) is 12.6 Å². The molecule has 0 unspecified atom stereocenters. The quantitative estimate of drug-likeness (QED) is 0.630. The summed E-state index contributed by atoms with van der Waals surface area (Å²) in [5.41, 5.74) is 1.14. The number of quaternary nitrogens is 1. The number of halogens is 1. The van der Waals surface area contributed by atoms with Crippen molar-refractivity contribution in [2.75, 3.05) is 20.3 Å². The van der Waals surface area contributed by atoms with Crippen molar-refractivity contribution in [3.8, 4) is 11.5 Å². The molecule has 0 fully saturated rings. The summed E-state index contributed by atoms with van der Waals surface area (Å²) in [5.74, 6) is 1.53. The van der Waals surface area contributed by atoms with Gasteiger partial charge in [0.25, 0.3) is 0 Å². The van der Waals surface area contributed by atoms with Crippen LogP contribution in [0.4, 0.5) is 0 Å². The molecule has 0 aliphatic carbocycles. The van der Waals surface area contributed by atoms with Gasteiger partial charge < -0.3 is 19.9 Å². The van der Waals surface area contributed by atoms with Gasteiger partial charge in [-0.25, -0.2) is 0 Å². The van der Waals surface area contributed by atoms with Crippen LogP contribution in [0.25, 0.3) is 0 Å². The molecule has 0 radical (unpaired) electrons. The molecule has 0 saturated carbocycles. The molecule has 0 saturated heterocycles. The highest BCUT2D eigenvalue weighted by Crippen LogP contribution is 2.33. The van der Waals surface area contributed by atoms with Crippen molar-refractivity contribution in [2.45, 2.75) is 45.7 Å². The van der Waals surface area contributed by atoms with Crippen LogP contribution in [0, 0.1) is 0 Å². The lowest BCUT2D eigenvalue weighted by molar-refractivity contribution is -0.706. The number of hydrogen-bond donors (Lipinski definition) is 2. The first-order valence-electron chi connectivity index (χ1n) is 7.59. The number of benzene rings is 1. The lowest BCUT2D eigenvalue weighted by Gasteiger charge is -2.15. The zero-order valence-electron chi connectivity index (χ0n) is 13.2. The van der Waals surface area contributed by atoms with E-state index < -0.39 is 0 Å². The van der Waals surface area contributed by atoms with Gasteiger partial charge in [-0.15, -0.1) is 0 Å². The third-order valence-corrected chi connectivity index (χ3v) is 4.26. The second kappa shape index (κ2) is 10.0. The fourth-order valence-electron chi connectivity index (χ4n) is 2.00. The Kier molecular flexibility index (Phi) is 8.73. The third kappa shape index (κ3) is 5.85. The molecule has 0 aliphatic heterocycles. The van der Waals surface area contributed by atoms with Crippen LogP contribution in [0.5, 0.6) is 11.5 Å². The lowest BCUT2D eigenvalue weighted by Crippen LogP contribution is -2.89. The second-order valence-electron chi connectivity index (χ2n) is 5.09. The fourth-order valence-corrected chi connectivity index (χ4v) is 2.48. The maximum absolute atomic E-state index is 9.25. The van der Waals surface area contributed by atoms with Gasteiger partial charge in [-0.3, -0.25) is 0 Å². The largest absolute Gasteiger partial charge is 0.493 e. The molecule has 0 aromatic heterocycles. The van der Waals surface area contributed by atoms with Crippen LogP contribution < -0.4 is 14.8 Å². The van der Waals surface area contributed by atoms with E-state index in [1.54, 1.807) is 7.11 Å². The molecular formula is C16H27BrNO3+.